The fourth-order valence-electron chi connectivity index (χ4n) is 6.17. The zero-order valence-electron chi connectivity index (χ0n) is 28.3. The van der Waals surface area contributed by atoms with E-state index in [2.05, 4.69) is 47.6 Å². The van der Waals surface area contributed by atoms with Crippen molar-refractivity contribution in [2.75, 3.05) is 18.0 Å². The van der Waals surface area contributed by atoms with Crippen molar-refractivity contribution in [1.82, 2.24) is 0 Å². The molecule has 5 rings (SSSR count). The Bertz CT molecular complexity index is 2290. The van der Waals surface area contributed by atoms with Gasteiger partial charge in [0, 0.05) is 47.1 Å². The Kier molecular flexibility index (Phi) is 11.3. The molecule has 4 aromatic carbocycles. The van der Waals surface area contributed by atoms with Gasteiger partial charge in [-0.2, -0.15) is 8.42 Å². The molecule has 0 aromatic heterocycles. The van der Waals surface area contributed by atoms with E-state index in [-0.39, 0.29) is 9.79 Å². The normalized spacial score (nSPS) is 15.5. The van der Waals surface area contributed by atoms with E-state index in [1.807, 2.05) is 62.4 Å². The summed E-state index contributed by atoms with van der Waals surface area (Å²) in [5, 5.41) is 0.617. The van der Waals surface area contributed by atoms with Crippen molar-refractivity contribution < 1.29 is 30.5 Å². The van der Waals surface area contributed by atoms with Crippen LogP contribution in [0, 0.1) is 6.92 Å². The van der Waals surface area contributed by atoms with Crippen molar-refractivity contribution in [1.29, 1.82) is 0 Å². The molecule has 0 fully saturated rings. The molecule has 1 aliphatic rings. The lowest BCUT2D eigenvalue weighted by atomic mass is 9.85. The SMILES string of the molecule is CCN(Cc1cccc(S(=O)(=O)[O-])c1)c1ccc(/C(=C2/C=CC(=[N+](CC)Cc3cccc(S(=O)(=O)O)c3)C=C2C)c2ccccc2Cl)c(C)c1. The maximum atomic E-state index is 11.7. The fraction of sp³-hybridized carbons (Fsp3) is 0.205. The molecule has 0 saturated carbocycles. The number of nitrogens with zero attached hydrogens (tertiary/aromatic N) is 2. The van der Waals surface area contributed by atoms with Gasteiger partial charge in [-0.05, 0) is 110 Å². The fourth-order valence-corrected chi connectivity index (χ4v) is 7.49. The topological polar surface area (TPSA) is 118 Å². The van der Waals surface area contributed by atoms with Gasteiger partial charge in [0.2, 0.25) is 0 Å². The van der Waals surface area contributed by atoms with Gasteiger partial charge in [0.25, 0.3) is 10.1 Å². The maximum Gasteiger partial charge on any atom is 0.294 e. The van der Waals surface area contributed by atoms with E-state index in [1.165, 1.54) is 24.3 Å². The predicted molar refractivity (Wildman–Crippen MR) is 198 cm³/mol. The quantitative estimate of drug-likeness (QED) is 0.124. The number of hydrogen-bond acceptors (Lipinski definition) is 6. The summed E-state index contributed by atoms with van der Waals surface area (Å²) in [6.07, 6.45) is 6.25. The number of hydrogen-bond donors (Lipinski definition) is 1. The molecule has 0 spiro atoms. The summed E-state index contributed by atoms with van der Waals surface area (Å²) in [5.41, 5.74) is 9.30. The molecule has 0 bridgehead atoms. The summed E-state index contributed by atoms with van der Waals surface area (Å²) in [5.74, 6) is 0. The molecule has 0 heterocycles. The van der Waals surface area contributed by atoms with Crippen LogP contribution in [0.2, 0.25) is 5.02 Å². The highest BCUT2D eigenvalue weighted by molar-refractivity contribution is 7.86. The van der Waals surface area contributed by atoms with Crippen molar-refractivity contribution in [3.8, 4) is 0 Å². The summed E-state index contributed by atoms with van der Waals surface area (Å²) >= 11 is 6.84. The molecule has 260 valence electrons. The first-order valence-corrected chi connectivity index (χ1v) is 19.4. The van der Waals surface area contributed by atoms with Crippen molar-refractivity contribution in [2.45, 2.75) is 50.6 Å². The van der Waals surface area contributed by atoms with E-state index in [1.54, 1.807) is 12.1 Å². The number of rotatable bonds is 11. The van der Waals surface area contributed by atoms with Gasteiger partial charge in [-0.1, -0.05) is 60.1 Å². The van der Waals surface area contributed by atoms with E-state index < -0.39 is 20.2 Å². The molecule has 50 heavy (non-hydrogen) atoms. The molecule has 1 aliphatic carbocycles. The summed E-state index contributed by atoms with van der Waals surface area (Å²) in [6, 6.07) is 26.4. The lowest BCUT2D eigenvalue weighted by Gasteiger charge is -2.26. The monoisotopic (exact) mass is 730 g/mol. The highest BCUT2D eigenvalue weighted by atomic mass is 35.5. The molecule has 0 amide bonds. The van der Waals surface area contributed by atoms with Crippen LogP contribution in [-0.4, -0.2) is 49.3 Å². The Labute approximate surface area is 299 Å². The minimum atomic E-state index is -4.56. The van der Waals surface area contributed by atoms with E-state index in [0.717, 1.165) is 55.9 Å². The average molecular weight is 731 g/mol. The van der Waals surface area contributed by atoms with Crippen LogP contribution < -0.4 is 4.90 Å². The summed E-state index contributed by atoms with van der Waals surface area (Å²) in [6.45, 7) is 10.4. The van der Waals surface area contributed by atoms with E-state index in [9.17, 15) is 25.9 Å². The third-order valence-electron chi connectivity index (χ3n) is 8.73. The second-order valence-corrected chi connectivity index (χ2v) is 15.3. The molecule has 4 aromatic rings. The summed E-state index contributed by atoms with van der Waals surface area (Å²) < 4.78 is 69.9. The second kappa shape index (κ2) is 15.3. The molecule has 11 heteroatoms. The molecular formula is C39H39ClN2O6S2. The molecule has 1 N–H and O–H groups in total. The molecule has 0 aliphatic heterocycles. The zero-order valence-corrected chi connectivity index (χ0v) is 30.7. The van der Waals surface area contributed by atoms with Crippen LogP contribution in [0.25, 0.3) is 5.57 Å². The highest BCUT2D eigenvalue weighted by Gasteiger charge is 2.22. The van der Waals surface area contributed by atoms with E-state index >= 15 is 0 Å². The Hall–Kier alpha value is -4.32. The number of halogens is 1. The minimum Gasteiger partial charge on any atom is -0.744 e. The van der Waals surface area contributed by atoms with E-state index in [0.29, 0.717) is 31.2 Å². The van der Waals surface area contributed by atoms with Crippen molar-refractivity contribution in [2.24, 2.45) is 0 Å². The second-order valence-electron chi connectivity index (χ2n) is 12.1. The lowest BCUT2D eigenvalue weighted by Crippen LogP contribution is -2.22. The van der Waals surface area contributed by atoms with Crippen LogP contribution in [0.4, 0.5) is 5.69 Å². The van der Waals surface area contributed by atoms with Crippen LogP contribution in [0.5, 0.6) is 0 Å². The highest BCUT2D eigenvalue weighted by Crippen LogP contribution is 2.38. The van der Waals surface area contributed by atoms with Gasteiger partial charge in [0.1, 0.15) is 16.7 Å². The van der Waals surface area contributed by atoms with Crippen LogP contribution in [0.1, 0.15) is 48.6 Å². The molecule has 0 radical (unpaired) electrons. The molecule has 0 atom stereocenters. The largest absolute Gasteiger partial charge is 0.744 e. The number of anilines is 1. The van der Waals surface area contributed by atoms with Crippen molar-refractivity contribution in [3.05, 3.63) is 153 Å². The van der Waals surface area contributed by atoms with Gasteiger partial charge in [-0.15, -0.1) is 0 Å². The third-order valence-corrected chi connectivity index (χ3v) is 10.7. The van der Waals surface area contributed by atoms with Crippen molar-refractivity contribution in [3.63, 3.8) is 0 Å². The van der Waals surface area contributed by atoms with Gasteiger partial charge in [-0.3, -0.25) is 4.55 Å². The summed E-state index contributed by atoms with van der Waals surface area (Å²) in [7, 11) is -8.87. The van der Waals surface area contributed by atoms with Crippen LogP contribution in [0.15, 0.2) is 130 Å². The summed E-state index contributed by atoms with van der Waals surface area (Å²) in [4.78, 5) is 1.74. The standard InChI is InChI=1S/C39H39ClN2O6S2/c1-5-41(25-29-11-9-13-33(23-29)49(43,44)45)31-17-19-35(27(3)21-31)39(37-15-7-8-16-38(37)40)36-20-18-32(22-28(36)4)42(6-2)26-30-12-10-14-34(24-30)50(46,47)48/h7-24H,5-6,25-26H2,1-4H3,(H-,43,44,45,46,47,48). The number of aryl methyl sites for hydroxylation is 1. The van der Waals surface area contributed by atoms with Crippen LogP contribution in [0.3, 0.4) is 0 Å². The Morgan fingerprint density at radius 3 is 2.12 bits per heavy atom. The van der Waals surface area contributed by atoms with Crippen LogP contribution >= 0.6 is 11.6 Å². The van der Waals surface area contributed by atoms with Gasteiger partial charge in [0.15, 0.2) is 12.3 Å². The average Bonchev–Trinajstić information content (AvgIpc) is 3.07. The molecular weight excluding hydrogens is 692 g/mol. The smallest absolute Gasteiger partial charge is 0.294 e. The zero-order chi connectivity index (χ0) is 36.2. The van der Waals surface area contributed by atoms with Crippen LogP contribution in [-0.2, 0) is 33.3 Å². The molecule has 0 unspecified atom stereocenters. The Morgan fingerprint density at radius 1 is 0.820 bits per heavy atom. The molecule has 8 nitrogen and oxygen atoms in total. The van der Waals surface area contributed by atoms with Gasteiger partial charge in [-0.25, -0.2) is 13.0 Å². The van der Waals surface area contributed by atoms with Gasteiger partial charge in [0.05, 0.1) is 9.79 Å². The predicted octanol–water partition coefficient (Wildman–Crippen LogP) is 7.82. The Morgan fingerprint density at radius 2 is 1.50 bits per heavy atom. The van der Waals surface area contributed by atoms with Crippen molar-refractivity contribution >= 4 is 48.8 Å². The first-order valence-electron chi connectivity index (χ1n) is 16.1. The number of benzene rings is 4. The lowest BCUT2D eigenvalue weighted by molar-refractivity contribution is -0.539. The first kappa shape index (κ1) is 36.9. The minimum absolute atomic E-state index is 0.135. The third kappa shape index (κ3) is 8.51. The van der Waals surface area contributed by atoms with Gasteiger partial charge >= 0.3 is 0 Å². The Balaban J connectivity index is 1.55. The molecule has 0 saturated heterocycles. The maximum absolute atomic E-state index is 11.7. The first-order chi connectivity index (χ1) is 23.7. The number of allylic oxidation sites excluding steroid dienone is 5. The van der Waals surface area contributed by atoms with E-state index in [4.69, 9.17) is 11.6 Å². The van der Waals surface area contributed by atoms with Gasteiger partial charge < -0.3 is 9.45 Å².